The van der Waals surface area contributed by atoms with Gasteiger partial charge in [-0.2, -0.15) is 0 Å². The quantitative estimate of drug-likeness (QED) is 0.220. The van der Waals surface area contributed by atoms with Gasteiger partial charge in [0.2, 0.25) is 0 Å². The first-order chi connectivity index (χ1) is 20.1. The second-order valence-electron chi connectivity index (χ2n) is 11.6. The summed E-state index contributed by atoms with van der Waals surface area (Å²) in [7, 11) is 0. The number of nitrogens with one attached hydrogen (secondary N) is 1. The predicted molar refractivity (Wildman–Crippen MR) is 156 cm³/mol. The highest BCUT2D eigenvalue weighted by molar-refractivity contribution is 8.00. The summed E-state index contributed by atoms with van der Waals surface area (Å²) in [4.78, 5) is 11.7. The molecule has 3 fully saturated rings. The molecule has 9 nitrogen and oxygen atoms in total. The number of hydrogen-bond donors (Lipinski definition) is 4. The van der Waals surface area contributed by atoms with E-state index in [1.165, 1.54) is 11.8 Å². The molecule has 3 aliphatic carbocycles. The van der Waals surface area contributed by atoms with Gasteiger partial charge in [-0.15, -0.1) is 0 Å². The maximum absolute atomic E-state index is 15.0. The first kappa shape index (κ1) is 28.2. The van der Waals surface area contributed by atoms with Gasteiger partial charge in [0.25, 0.3) is 0 Å². The summed E-state index contributed by atoms with van der Waals surface area (Å²) < 4.78 is 27.3. The summed E-state index contributed by atoms with van der Waals surface area (Å²) in [6.45, 7) is 0.269. The molecule has 7 rings (SSSR count). The molecule has 3 saturated carbocycles. The Morgan fingerprint density at radius 3 is 2.55 bits per heavy atom. The summed E-state index contributed by atoms with van der Waals surface area (Å²) in [6, 6.07) is 7.15. The van der Waals surface area contributed by atoms with Gasteiger partial charge in [-0.25, -0.2) is 14.2 Å². The first-order valence-corrected chi connectivity index (χ1v) is 15.6. The fourth-order valence-corrected chi connectivity index (χ4v) is 9.10. The zero-order valence-corrected chi connectivity index (χ0v) is 24.7. The number of thioether (sulfide) groups is 1. The average molecular weight is 636 g/mol. The zero-order chi connectivity index (χ0) is 29.3. The minimum atomic E-state index is -1.27. The second-order valence-corrected chi connectivity index (χ2v) is 13.6. The van der Waals surface area contributed by atoms with E-state index in [-0.39, 0.29) is 35.9 Å². The monoisotopic (exact) mass is 634 g/mol. The first-order valence-electron chi connectivity index (χ1n) is 14.0. The second kappa shape index (κ2) is 10.6. The number of ether oxygens (including phenoxy) is 1. The smallest absolute Gasteiger partial charge is 0.316 e. The van der Waals surface area contributed by atoms with Gasteiger partial charge in [0.1, 0.15) is 28.1 Å². The molecule has 5 N–H and O–H groups in total. The lowest BCUT2D eigenvalue weighted by Gasteiger charge is -2.47. The molecule has 1 aromatic heterocycles. The van der Waals surface area contributed by atoms with E-state index < -0.39 is 22.8 Å². The largest absolute Gasteiger partial charge is 0.386 e. The molecule has 42 heavy (non-hydrogen) atoms. The Balaban J connectivity index is 1.10. The van der Waals surface area contributed by atoms with Crippen LogP contribution < -0.4 is 16.1 Å². The van der Waals surface area contributed by atoms with Crippen LogP contribution in [-0.2, 0) is 11.3 Å². The van der Waals surface area contributed by atoms with Crippen molar-refractivity contribution in [2.24, 2.45) is 17.6 Å². The molecule has 3 unspecified atom stereocenters. The molecule has 1 aliphatic heterocycles. The number of halogens is 3. The van der Waals surface area contributed by atoms with Crippen molar-refractivity contribution in [3.05, 3.63) is 57.5 Å². The number of carbonyl (C=O) groups excluding carboxylic acids is 1. The van der Waals surface area contributed by atoms with Crippen LogP contribution in [0.25, 0.3) is 11.3 Å². The van der Waals surface area contributed by atoms with E-state index in [9.17, 15) is 19.5 Å². The molecule has 4 aliphatic rings. The molecule has 2 aromatic carbocycles. The van der Waals surface area contributed by atoms with Crippen molar-refractivity contribution in [3.8, 4) is 11.3 Å². The standard InChI is InChI=1S/C29H29Cl2FN4O5S/c30-19-2-1-3-20(31)23(19)24-18(26(41-35-24)13-4-5-13)12-40-17-8-14-6-7-15(9-17)29(14,38)27-36(39)25-21(32)10-16(34-28(33)37)11-22(25)42-27/h1-3,10-11,13-15,17,27,38-39H,4-9,12H2,(H3,33,34,37)/t14-,15+,17?,27?,29?. The van der Waals surface area contributed by atoms with Gasteiger partial charge >= 0.3 is 6.03 Å². The number of amides is 2. The molecule has 3 aromatic rings. The third kappa shape index (κ3) is 4.65. The maximum atomic E-state index is 15.0. The lowest BCUT2D eigenvalue weighted by atomic mass is 9.73. The van der Waals surface area contributed by atoms with Gasteiger partial charge in [-0.3, -0.25) is 5.21 Å². The highest BCUT2D eigenvalue weighted by Gasteiger charge is 2.61. The van der Waals surface area contributed by atoms with Crippen molar-refractivity contribution < 1.29 is 28.8 Å². The third-order valence-corrected chi connectivity index (χ3v) is 11.1. The van der Waals surface area contributed by atoms with Crippen LogP contribution in [-0.4, -0.2) is 38.6 Å². The van der Waals surface area contributed by atoms with Gasteiger partial charge in [-0.05, 0) is 74.6 Å². The van der Waals surface area contributed by atoms with Crippen molar-refractivity contribution in [2.45, 2.75) is 73.0 Å². The summed E-state index contributed by atoms with van der Waals surface area (Å²) in [5.41, 5.74) is 6.15. The van der Waals surface area contributed by atoms with E-state index in [0.717, 1.165) is 48.1 Å². The summed E-state index contributed by atoms with van der Waals surface area (Å²) >= 11 is 14.2. The van der Waals surface area contributed by atoms with Gasteiger partial charge in [0.15, 0.2) is 5.82 Å². The van der Waals surface area contributed by atoms with Crippen molar-refractivity contribution in [2.75, 3.05) is 10.4 Å². The number of nitrogens with two attached hydrogens (primary N) is 1. The summed E-state index contributed by atoms with van der Waals surface area (Å²) in [6.07, 6.45) is 4.61. The van der Waals surface area contributed by atoms with Gasteiger partial charge < -0.3 is 25.4 Å². The average Bonchev–Trinajstić information content (AvgIpc) is 3.58. The molecule has 13 heteroatoms. The van der Waals surface area contributed by atoms with Crippen molar-refractivity contribution in [1.29, 1.82) is 0 Å². The maximum Gasteiger partial charge on any atom is 0.316 e. The van der Waals surface area contributed by atoms with Crippen LogP contribution in [0.5, 0.6) is 0 Å². The zero-order valence-electron chi connectivity index (χ0n) is 22.4. The number of hydrogen-bond acceptors (Lipinski definition) is 8. The number of rotatable bonds is 7. The van der Waals surface area contributed by atoms with E-state index in [4.69, 9.17) is 38.2 Å². The number of nitrogens with zero attached hydrogens (tertiary/aromatic N) is 2. The van der Waals surface area contributed by atoms with Crippen LogP contribution in [0.3, 0.4) is 0 Å². The molecule has 0 spiro atoms. The van der Waals surface area contributed by atoms with Crippen molar-refractivity contribution in [3.63, 3.8) is 0 Å². The summed E-state index contributed by atoms with van der Waals surface area (Å²) in [5, 5.41) is 30.9. The lowest BCUT2D eigenvalue weighted by molar-refractivity contribution is -0.118. The van der Waals surface area contributed by atoms with E-state index in [2.05, 4.69) is 10.5 Å². The van der Waals surface area contributed by atoms with Crippen LogP contribution in [0.4, 0.5) is 20.6 Å². The molecular weight excluding hydrogens is 606 g/mol. The Morgan fingerprint density at radius 2 is 1.90 bits per heavy atom. The molecule has 2 amide bonds. The molecule has 5 atom stereocenters. The fourth-order valence-electron chi connectivity index (χ4n) is 7.01. The molecule has 2 heterocycles. The van der Waals surface area contributed by atoms with Crippen molar-refractivity contribution in [1.82, 2.24) is 5.16 Å². The number of hydroxylamine groups is 1. The minimum absolute atomic E-state index is 0.0166. The Hall–Kier alpha value is -2.54. The minimum Gasteiger partial charge on any atom is -0.386 e. The van der Waals surface area contributed by atoms with Crippen LogP contribution in [0.2, 0.25) is 10.0 Å². The van der Waals surface area contributed by atoms with Crippen LogP contribution >= 0.6 is 35.0 Å². The summed E-state index contributed by atoms with van der Waals surface area (Å²) in [5.74, 6) is 0.0546. The van der Waals surface area contributed by atoms with Crippen LogP contribution in [0.1, 0.15) is 55.8 Å². The lowest BCUT2D eigenvalue weighted by Crippen LogP contribution is -2.58. The molecular formula is C29H29Cl2FN4O5S. The number of anilines is 2. The highest BCUT2D eigenvalue weighted by Crippen LogP contribution is 2.59. The fraction of sp³-hybridized carbons (Fsp3) is 0.448. The van der Waals surface area contributed by atoms with Crippen LogP contribution in [0.15, 0.2) is 39.8 Å². The predicted octanol–water partition coefficient (Wildman–Crippen LogP) is 6.92. The van der Waals surface area contributed by atoms with Crippen molar-refractivity contribution >= 4 is 52.4 Å². The number of urea groups is 1. The van der Waals surface area contributed by atoms with E-state index in [1.54, 1.807) is 24.3 Å². The molecule has 0 saturated heterocycles. The highest BCUT2D eigenvalue weighted by atomic mass is 35.5. The van der Waals surface area contributed by atoms with Gasteiger partial charge in [0.05, 0.1) is 22.8 Å². The SMILES string of the molecule is NC(=O)Nc1cc(F)c2c(c1)SC(C1(O)[C@@H]3CC[C@H]1CC(OCc1c(-c4c(Cl)cccc4Cl)noc1C1CC1)C3)N2O. The number of primary amides is 1. The van der Waals surface area contributed by atoms with Gasteiger partial charge in [0, 0.05) is 27.6 Å². The Bertz CT molecular complexity index is 1530. The third-order valence-electron chi connectivity index (χ3n) is 9.08. The van der Waals surface area contributed by atoms with E-state index in [0.29, 0.717) is 45.0 Å². The normalized spacial score (nSPS) is 28.3. The number of aromatic nitrogens is 1. The number of benzene rings is 2. The van der Waals surface area contributed by atoms with E-state index >= 15 is 0 Å². The Kier molecular flexibility index (Phi) is 7.11. The molecule has 0 radical (unpaired) electrons. The molecule has 222 valence electrons. The van der Waals surface area contributed by atoms with Crippen LogP contribution in [0, 0.1) is 17.7 Å². The van der Waals surface area contributed by atoms with Gasteiger partial charge in [-0.1, -0.05) is 46.2 Å². The number of fused-ring (bicyclic) bond motifs is 3. The van der Waals surface area contributed by atoms with E-state index in [1.807, 2.05) is 0 Å². The molecule has 2 bridgehead atoms. The topological polar surface area (TPSA) is 134 Å². The number of aliphatic hydroxyl groups is 1. The Morgan fingerprint density at radius 1 is 1.21 bits per heavy atom. The Labute approximate surface area is 255 Å². The number of carbonyl (C=O) groups is 1.